The summed E-state index contributed by atoms with van der Waals surface area (Å²) in [6.07, 6.45) is 0.112. The molecule has 1 rings (SSSR count). The largest absolute Gasteiger partial charge is 0.489 e. The van der Waals surface area contributed by atoms with Gasteiger partial charge in [0.2, 0.25) is 10.0 Å². The summed E-state index contributed by atoms with van der Waals surface area (Å²) in [6, 6.07) is 3.37. The van der Waals surface area contributed by atoms with Crippen LogP contribution in [0.25, 0.3) is 0 Å². The Morgan fingerprint density at radius 2 is 1.84 bits per heavy atom. The summed E-state index contributed by atoms with van der Waals surface area (Å²) in [5.41, 5.74) is 1.57. The fourth-order valence-corrected chi connectivity index (χ4v) is 2.57. The molecule has 0 saturated heterocycles. The molecule has 19 heavy (non-hydrogen) atoms. The molecule has 0 amide bonds. The van der Waals surface area contributed by atoms with E-state index >= 15 is 0 Å². The molecule has 0 aromatic heterocycles. The minimum Gasteiger partial charge on any atom is -0.489 e. The van der Waals surface area contributed by atoms with Crippen molar-refractivity contribution >= 4 is 10.0 Å². The molecule has 0 aliphatic heterocycles. The summed E-state index contributed by atoms with van der Waals surface area (Å²) in [6.45, 7) is 8.13. The van der Waals surface area contributed by atoms with Gasteiger partial charge in [0.25, 0.3) is 0 Å². The van der Waals surface area contributed by atoms with Crippen LogP contribution >= 0.6 is 0 Å². The van der Waals surface area contributed by atoms with Gasteiger partial charge in [-0.05, 0) is 44.9 Å². The molecule has 0 unspecified atom stereocenters. The van der Waals surface area contributed by atoms with Gasteiger partial charge in [-0.1, -0.05) is 6.07 Å². The maximum Gasteiger partial charge on any atom is 0.241 e. The van der Waals surface area contributed by atoms with Crippen molar-refractivity contribution in [1.82, 2.24) is 0 Å². The van der Waals surface area contributed by atoms with Crippen LogP contribution in [0, 0.1) is 13.8 Å². The fraction of sp³-hybridized carbons (Fsp3) is 0.538. The summed E-state index contributed by atoms with van der Waals surface area (Å²) in [7, 11) is -3.80. The molecule has 0 atom stereocenters. The Balaban J connectivity index is 2.93. The Morgan fingerprint density at radius 3 is 2.37 bits per heavy atom. The van der Waals surface area contributed by atoms with E-state index < -0.39 is 10.0 Å². The molecule has 1 aromatic carbocycles. The summed E-state index contributed by atoms with van der Waals surface area (Å²) < 4.78 is 34.0. The number of aryl methyl sites for hydroxylation is 2. The number of primary sulfonamides is 1. The van der Waals surface area contributed by atoms with Crippen molar-refractivity contribution in [2.24, 2.45) is 5.14 Å². The lowest BCUT2D eigenvalue weighted by Gasteiger charge is -2.15. The van der Waals surface area contributed by atoms with Crippen molar-refractivity contribution in [3.63, 3.8) is 0 Å². The molecule has 0 radical (unpaired) electrons. The second kappa shape index (κ2) is 6.36. The Hall–Kier alpha value is -1.11. The van der Waals surface area contributed by atoms with Crippen LogP contribution in [0.5, 0.6) is 5.75 Å². The maximum absolute atomic E-state index is 11.6. The molecule has 0 heterocycles. The lowest BCUT2D eigenvalue weighted by molar-refractivity contribution is 0.0544. The third kappa shape index (κ3) is 4.81. The van der Waals surface area contributed by atoms with Gasteiger partial charge in [0.1, 0.15) is 17.3 Å². The van der Waals surface area contributed by atoms with Gasteiger partial charge in [-0.15, -0.1) is 0 Å². The van der Waals surface area contributed by atoms with Crippen molar-refractivity contribution in [3.05, 3.63) is 23.3 Å². The Kier molecular flexibility index (Phi) is 5.34. The zero-order valence-electron chi connectivity index (χ0n) is 11.8. The molecule has 0 bridgehead atoms. The molecule has 108 valence electrons. The zero-order valence-corrected chi connectivity index (χ0v) is 12.6. The number of rotatable bonds is 6. The molecule has 6 heteroatoms. The molecular formula is C13H21NO4S. The first kappa shape index (κ1) is 15.9. The van der Waals surface area contributed by atoms with Gasteiger partial charge in [-0.3, -0.25) is 0 Å². The number of nitrogens with two attached hydrogens (primary N) is 1. The molecular weight excluding hydrogens is 266 g/mol. The van der Waals surface area contributed by atoms with E-state index in [9.17, 15) is 8.42 Å². The molecule has 5 nitrogen and oxygen atoms in total. The third-order valence-electron chi connectivity index (χ3n) is 2.47. The van der Waals surface area contributed by atoms with E-state index in [1.165, 1.54) is 6.07 Å². The van der Waals surface area contributed by atoms with Crippen LogP contribution in [0.4, 0.5) is 0 Å². The van der Waals surface area contributed by atoms with Crippen molar-refractivity contribution < 1.29 is 17.9 Å². The van der Waals surface area contributed by atoms with Crippen molar-refractivity contribution in [1.29, 1.82) is 0 Å². The minimum atomic E-state index is -3.80. The van der Waals surface area contributed by atoms with Crippen LogP contribution in [-0.2, 0) is 14.8 Å². The van der Waals surface area contributed by atoms with Crippen LogP contribution in [-0.4, -0.2) is 27.7 Å². The SMILES string of the molecule is Cc1cc(C)c(OCCOC(C)C)c(S(N)(=O)=O)c1. The van der Waals surface area contributed by atoms with E-state index in [2.05, 4.69) is 0 Å². The summed E-state index contributed by atoms with van der Waals surface area (Å²) >= 11 is 0. The van der Waals surface area contributed by atoms with Crippen molar-refractivity contribution in [2.45, 2.75) is 38.7 Å². The summed E-state index contributed by atoms with van der Waals surface area (Å²) in [4.78, 5) is 0.0227. The molecule has 0 aliphatic carbocycles. The number of benzene rings is 1. The van der Waals surface area contributed by atoms with Crippen molar-refractivity contribution in [3.8, 4) is 5.75 Å². The lowest BCUT2D eigenvalue weighted by Crippen LogP contribution is -2.17. The number of ether oxygens (including phenoxy) is 2. The molecule has 2 N–H and O–H groups in total. The van der Waals surface area contributed by atoms with E-state index in [1.807, 2.05) is 26.8 Å². The van der Waals surface area contributed by atoms with E-state index in [-0.39, 0.29) is 17.6 Å². The fourth-order valence-electron chi connectivity index (χ4n) is 1.74. The average Bonchev–Trinajstić information content (AvgIpc) is 2.24. The second-order valence-corrected chi connectivity index (χ2v) is 6.25. The summed E-state index contributed by atoms with van der Waals surface area (Å²) in [5.74, 6) is 0.306. The number of hydrogen-bond acceptors (Lipinski definition) is 4. The van der Waals surface area contributed by atoms with Gasteiger partial charge in [0.05, 0.1) is 12.7 Å². The zero-order chi connectivity index (χ0) is 14.6. The highest BCUT2D eigenvalue weighted by molar-refractivity contribution is 7.89. The van der Waals surface area contributed by atoms with Crippen LogP contribution in [0.3, 0.4) is 0 Å². The average molecular weight is 287 g/mol. The van der Waals surface area contributed by atoms with Crippen LogP contribution in [0.1, 0.15) is 25.0 Å². The smallest absolute Gasteiger partial charge is 0.241 e. The molecule has 0 aliphatic rings. The van der Waals surface area contributed by atoms with Crippen LogP contribution in [0.15, 0.2) is 17.0 Å². The molecule has 0 fully saturated rings. The maximum atomic E-state index is 11.6. The van der Waals surface area contributed by atoms with Crippen LogP contribution < -0.4 is 9.88 Å². The molecule has 0 saturated carbocycles. The van der Waals surface area contributed by atoms with E-state index in [1.54, 1.807) is 6.92 Å². The first-order valence-electron chi connectivity index (χ1n) is 6.10. The standard InChI is InChI=1S/C13H21NO4S/c1-9(2)17-5-6-18-13-11(4)7-10(3)8-12(13)19(14,15)16/h7-9H,5-6H2,1-4H3,(H2,14,15,16). The minimum absolute atomic E-state index is 0.0227. The number of hydrogen-bond donors (Lipinski definition) is 1. The van der Waals surface area contributed by atoms with Gasteiger partial charge in [0, 0.05) is 0 Å². The summed E-state index contributed by atoms with van der Waals surface area (Å²) in [5, 5.41) is 5.21. The van der Waals surface area contributed by atoms with Gasteiger partial charge in [-0.2, -0.15) is 0 Å². The van der Waals surface area contributed by atoms with E-state index in [0.29, 0.717) is 12.4 Å². The second-order valence-electron chi connectivity index (χ2n) is 4.72. The predicted octanol–water partition coefficient (Wildman–Crippen LogP) is 1.75. The quantitative estimate of drug-likeness (QED) is 0.809. The first-order valence-corrected chi connectivity index (χ1v) is 7.65. The Labute approximate surface area is 114 Å². The highest BCUT2D eigenvalue weighted by Gasteiger charge is 2.18. The monoisotopic (exact) mass is 287 g/mol. The van der Waals surface area contributed by atoms with E-state index in [4.69, 9.17) is 14.6 Å². The van der Waals surface area contributed by atoms with Gasteiger partial charge < -0.3 is 9.47 Å². The lowest BCUT2D eigenvalue weighted by atomic mass is 10.1. The topological polar surface area (TPSA) is 78.6 Å². The first-order chi connectivity index (χ1) is 8.71. The molecule has 1 aromatic rings. The van der Waals surface area contributed by atoms with Crippen LogP contribution in [0.2, 0.25) is 0 Å². The van der Waals surface area contributed by atoms with Gasteiger partial charge >= 0.3 is 0 Å². The Morgan fingerprint density at radius 1 is 1.21 bits per heavy atom. The van der Waals surface area contributed by atoms with E-state index in [0.717, 1.165) is 11.1 Å². The highest BCUT2D eigenvalue weighted by atomic mass is 32.2. The Bertz CT molecular complexity index is 538. The van der Waals surface area contributed by atoms with Gasteiger partial charge in [-0.25, -0.2) is 13.6 Å². The molecule has 0 spiro atoms. The van der Waals surface area contributed by atoms with Crippen molar-refractivity contribution in [2.75, 3.05) is 13.2 Å². The number of sulfonamides is 1. The third-order valence-corrected chi connectivity index (χ3v) is 3.39. The normalized spacial score (nSPS) is 11.9. The van der Waals surface area contributed by atoms with Gasteiger partial charge in [0.15, 0.2) is 0 Å². The predicted molar refractivity (Wildman–Crippen MR) is 73.9 cm³/mol. The highest BCUT2D eigenvalue weighted by Crippen LogP contribution is 2.28.